The summed E-state index contributed by atoms with van der Waals surface area (Å²) in [5.41, 5.74) is 2.40. The number of hydrogen-bond donors (Lipinski definition) is 0. The molecule has 0 aliphatic heterocycles. The number of hydrogen-bond acceptors (Lipinski definition) is 3. The van der Waals surface area contributed by atoms with E-state index >= 15 is 0 Å². The van der Waals surface area contributed by atoms with E-state index in [9.17, 15) is 18.0 Å². The van der Waals surface area contributed by atoms with Crippen molar-refractivity contribution in [1.82, 2.24) is 9.55 Å². The van der Waals surface area contributed by atoms with Gasteiger partial charge in [-0.05, 0) is 72.4 Å². The van der Waals surface area contributed by atoms with Crippen molar-refractivity contribution in [3.8, 4) is 0 Å². The Morgan fingerprint density at radius 1 is 1.15 bits per heavy atom. The second-order valence-corrected chi connectivity index (χ2v) is 10.5. The van der Waals surface area contributed by atoms with Crippen LogP contribution in [0.3, 0.4) is 0 Å². The average Bonchev–Trinajstić information content (AvgIpc) is 3.07. The Balaban J connectivity index is 1.71. The number of nitrogens with zero attached hydrogens (tertiary/aromatic N) is 2. The van der Waals surface area contributed by atoms with Gasteiger partial charge in [0.15, 0.2) is 0 Å². The molecule has 1 unspecified atom stereocenters. The predicted octanol–water partition coefficient (Wildman–Crippen LogP) is 6.89. The third-order valence-corrected chi connectivity index (χ3v) is 6.81. The number of carbonyl (C=O) groups is 1. The molecule has 0 amide bonds. The molecule has 4 nitrogen and oxygen atoms in total. The lowest BCUT2D eigenvalue weighted by molar-refractivity contribution is -0.137. The number of aromatic nitrogens is 2. The molecule has 7 heteroatoms. The molecule has 34 heavy (non-hydrogen) atoms. The van der Waals surface area contributed by atoms with E-state index in [1.165, 1.54) is 25.7 Å². The molecule has 182 valence electrons. The molecule has 0 bridgehead atoms. The van der Waals surface area contributed by atoms with Gasteiger partial charge < -0.3 is 9.30 Å². The molecule has 0 spiro atoms. The van der Waals surface area contributed by atoms with E-state index in [1.807, 2.05) is 6.07 Å². The predicted molar refractivity (Wildman–Crippen MR) is 126 cm³/mol. The van der Waals surface area contributed by atoms with Crippen LogP contribution in [0.15, 0.2) is 42.5 Å². The summed E-state index contributed by atoms with van der Waals surface area (Å²) in [5.74, 6) is 1.46. The Kier molecular flexibility index (Phi) is 6.49. The van der Waals surface area contributed by atoms with Crippen LogP contribution in [0.25, 0.3) is 11.0 Å². The van der Waals surface area contributed by atoms with Crippen molar-refractivity contribution in [2.45, 2.75) is 59.2 Å². The van der Waals surface area contributed by atoms with Gasteiger partial charge in [-0.1, -0.05) is 32.9 Å². The minimum Gasteiger partial charge on any atom is -0.465 e. The van der Waals surface area contributed by atoms with Crippen LogP contribution >= 0.6 is 0 Å². The SMILES string of the molecule is COC(=O)c1ccc2c(c1)nc(Cc1ccc(C(F)(F)F)cc1)n2CC1C[C@H](C)CC(C)(C)C1. The molecule has 0 saturated heterocycles. The van der Waals surface area contributed by atoms with Gasteiger partial charge >= 0.3 is 12.1 Å². The van der Waals surface area contributed by atoms with E-state index in [2.05, 4.69) is 25.3 Å². The maximum Gasteiger partial charge on any atom is 0.416 e. The lowest BCUT2D eigenvalue weighted by atomic mass is 9.68. The second kappa shape index (κ2) is 9.08. The number of ether oxygens (including phenoxy) is 1. The number of rotatable bonds is 5. The highest BCUT2D eigenvalue weighted by atomic mass is 19.4. The molecule has 1 aromatic heterocycles. The molecule has 3 aromatic rings. The molecule has 0 radical (unpaired) electrons. The Labute approximate surface area is 198 Å². The lowest BCUT2D eigenvalue weighted by Crippen LogP contribution is -2.30. The summed E-state index contributed by atoms with van der Waals surface area (Å²) < 4.78 is 46.0. The molecule has 1 saturated carbocycles. The summed E-state index contributed by atoms with van der Waals surface area (Å²) in [6.07, 6.45) is -0.512. The van der Waals surface area contributed by atoms with Crippen molar-refractivity contribution in [2.75, 3.05) is 7.11 Å². The summed E-state index contributed by atoms with van der Waals surface area (Å²) in [6, 6.07) is 10.6. The van der Waals surface area contributed by atoms with E-state index in [0.29, 0.717) is 29.3 Å². The number of benzene rings is 2. The summed E-state index contributed by atoms with van der Waals surface area (Å²) in [6.45, 7) is 7.71. The zero-order valence-corrected chi connectivity index (χ0v) is 20.1. The number of methoxy groups -OCH3 is 1. The van der Waals surface area contributed by atoms with E-state index in [1.54, 1.807) is 12.1 Å². The summed E-state index contributed by atoms with van der Waals surface area (Å²) in [5, 5.41) is 0. The first-order valence-electron chi connectivity index (χ1n) is 11.7. The number of halogens is 3. The molecule has 1 aliphatic carbocycles. The fraction of sp³-hybridized carbons (Fsp3) is 0.481. The van der Waals surface area contributed by atoms with Crippen molar-refractivity contribution < 1.29 is 22.7 Å². The van der Waals surface area contributed by atoms with Crippen LogP contribution in [-0.4, -0.2) is 22.6 Å². The van der Waals surface area contributed by atoms with E-state index < -0.39 is 17.7 Å². The number of carbonyl (C=O) groups excluding carboxylic acids is 1. The van der Waals surface area contributed by atoms with Gasteiger partial charge in [-0.2, -0.15) is 13.2 Å². The fourth-order valence-electron chi connectivity index (χ4n) is 5.70. The van der Waals surface area contributed by atoms with Crippen molar-refractivity contribution >= 4 is 17.0 Å². The Bertz CT molecular complexity index is 1180. The smallest absolute Gasteiger partial charge is 0.416 e. The van der Waals surface area contributed by atoms with E-state index in [-0.39, 0.29) is 5.41 Å². The normalized spacial score (nSPS) is 20.4. The van der Waals surface area contributed by atoms with Crippen LogP contribution < -0.4 is 0 Å². The van der Waals surface area contributed by atoms with Gasteiger partial charge in [0, 0.05) is 13.0 Å². The Morgan fingerprint density at radius 3 is 2.47 bits per heavy atom. The molecule has 1 heterocycles. The molecular weight excluding hydrogens is 441 g/mol. The Hall–Kier alpha value is -2.83. The van der Waals surface area contributed by atoms with Crippen LogP contribution in [-0.2, 0) is 23.9 Å². The van der Waals surface area contributed by atoms with Gasteiger partial charge in [0.2, 0.25) is 0 Å². The van der Waals surface area contributed by atoms with E-state index in [4.69, 9.17) is 9.72 Å². The van der Waals surface area contributed by atoms with Crippen molar-refractivity contribution in [3.63, 3.8) is 0 Å². The van der Waals surface area contributed by atoms with Crippen LogP contribution in [0, 0.1) is 17.3 Å². The first kappa shape index (κ1) is 24.3. The van der Waals surface area contributed by atoms with Gasteiger partial charge in [0.05, 0.1) is 29.3 Å². The monoisotopic (exact) mass is 472 g/mol. The third-order valence-electron chi connectivity index (χ3n) is 6.81. The minimum absolute atomic E-state index is 0.268. The largest absolute Gasteiger partial charge is 0.465 e. The first-order chi connectivity index (χ1) is 15.9. The van der Waals surface area contributed by atoms with E-state index in [0.717, 1.165) is 48.4 Å². The highest BCUT2D eigenvalue weighted by Crippen LogP contribution is 2.42. The number of imidazole rings is 1. The summed E-state index contributed by atoms with van der Waals surface area (Å²) >= 11 is 0. The first-order valence-corrected chi connectivity index (χ1v) is 11.7. The highest BCUT2D eigenvalue weighted by molar-refractivity contribution is 5.93. The zero-order chi connectivity index (χ0) is 24.7. The third kappa shape index (κ3) is 5.29. The molecule has 0 N–H and O–H groups in total. The molecule has 4 rings (SSSR count). The molecule has 2 atom stereocenters. The zero-order valence-electron chi connectivity index (χ0n) is 20.1. The quantitative estimate of drug-likeness (QED) is 0.380. The number of fused-ring (bicyclic) bond motifs is 1. The Morgan fingerprint density at radius 2 is 1.85 bits per heavy atom. The van der Waals surface area contributed by atoms with Crippen molar-refractivity contribution in [2.24, 2.45) is 17.3 Å². The minimum atomic E-state index is -4.36. The standard InChI is InChI=1S/C27H31F3N2O2/c1-17-11-19(15-26(2,3)14-17)16-32-23-10-7-20(25(33)34-4)13-22(23)31-24(32)12-18-5-8-21(9-6-18)27(28,29)30/h5-10,13,17,19H,11-12,14-16H2,1-4H3/t17-,19?/m0/s1. The van der Waals surface area contributed by atoms with Crippen LogP contribution in [0.2, 0.25) is 0 Å². The van der Waals surface area contributed by atoms with Crippen molar-refractivity contribution in [3.05, 3.63) is 65.0 Å². The summed E-state index contributed by atoms with van der Waals surface area (Å²) in [7, 11) is 1.34. The highest BCUT2D eigenvalue weighted by Gasteiger charge is 2.33. The molecular formula is C27H31F3N2O2. The number of esters is 1. The van der Waals surface area contributed by atoms with Gasteiger partial charge in [-0.3, -0.25) is 0 Å². The number of alkyl halides is 3. The van der Waals surface area contributed by atoms with Gasteiger partial charge in [-0.25, -0.2) is 9.78 Å². The topological polar surface area (TPSA) is 44.1 Å². The van der Waals surface area contributed by atoms with Crippen LogP contribution in [0.4, 0.5) is 13.2 Å². The fourth-order valence-corrected chi connectivity index (χ4v) is 5.70. The van der Waals surface area contributed by atoms with Gasteiger partial charge in [-0.15, -0.1) is 0 Å². The van der Waals surface area contributed by atoms with Crippen LogP contribution in [0.1, 0.15) is 67.3 Å². The van der Waals surface area contributed by atoms with Gasteiger partial charge in [0.25, 0.3) is 0 Å². The van der Waals surface area contributed by atoms with Crippen LogP contribution in [0.5, 0.6) is 0 Å². The molecule has 1 fully saturated rings. The second-order valence-electron chi connectivity index (χ2n) is 10.5. The molecule has 2 aromatic carbocycles. The molecule has 1 aliphatic rings. The maximum absolute atomic E-state index is 13.0. The van der Waals surface area contributed by atoms with Gasteiger partial charge in [0.1, 0.15) is 5.82 Å². The maximum atomic E-state index is 13.0. The average molecular weight is 473 g/mol. The van der Waals surface area contributed by atoms with Crippen molar-refractivity contribution in [1.29, 1.82) is 0 Å². The lowest BCUT2D eigenvalue weighted by Gasteiger charge is -2.39. The summed E-state index contributed by atoms with van der Waals surface area (Å²) in [4.78, 5) is 16.8.